The smallest absolute Gasteiger partial charge is 0.337 e. The van der Waals surface area contributed by atoms with Crippen LogP contribution in [0.1, 0.15) is 16.2 Å². The predicted octanol–water partition coefficient (Wildman–Crippen LogP) is 3.86. The summed E-state index contributed by atoms with van der Waals surface area (Å²) in [5.74, 6) is 0.972. The second-order valence-electron chi connectivity index (χ2n) is 4.79. The lowest BCUT2D eigenvalue weighted by Gasteiger charge is -2.04. The summed E-state index contributed by atoms with van der Waals surface area (Å²) >= 11 is 3.45. The standard InChI is InChI=1S/C17H13BrN2O4/c1-22-17(21)11-6-8-12(9-7-11)23-10-15-19-20-16(24-15)13-4-2-3-5-14(13)18/h2-9H,10H2,1H3. The number of methoxy groups -OCH3 is 1. The molecule has 24 heavy (non-hydrogen) atoms. The zero-order valence-corrected chi connectivity index (χ0v) is 14.3. The molecule has 0 fully saturated rings. The third kappa shape index (κ3) is 3.62. The van der Waals surface area contributed by atoms with E-state index in [-0.39, 0.29) is 6.61 Å². The number of rotatable bonds is 5. The summed E-state index contributed by atoms with van der Waals surface area (Å²) in [4.78, 5) is 11.4. The molecule has 0 saturated carbocycles. The van der Waals surface area contributed by atoms with Gasteiger partial charge in [-0.25, -0.2) is 4.79 Å². The van der Waals surface area contributed by atoms with Crippen LogP contribution < -0.4 is 4.74 Å². The van der Waals surface area contributed by atoms with Gasteiger partial charge < -0.3 is 13.9 Å². The fourth-order valence-corrected chi connectivity index (χ4v) is 2.46. The molecule has 0 aliphatic carbocycles. The highest BCUT2D eigenvalue weighted by atomic mass is 79.9. The zero-order chi connectivity index (χ0) is 16.9. The Balaban J connectivity index is 1.65. The molecule has 0 radical (unpaired) electrons. The minimum Gasteiger partial charge on any atom is -0.484 e. The fourth-order valence-electron chi connectivity index (χ4n) is 2.01. The van der Waals surface area contributed by atoms with Crippen molar-refractivity contribution < 1.29 is 18.7 Å². The maximum atomic E-state index is 11.4. The molecule has 2 aromatic carbocycles. The molecule has 1 aromatic heterocycles. The average molecular weight is 389 g/mol. The highest BCUT2D eigenvalue weighted by molar-refractivity contribution is 9.10. The lowest BCUT2D eigenvalue weighted by molar-refractivity contribution is 0.0600. The molecular formula is C17H13BrN2O4. The Hall–Kier alpha value is -2.67. The Morgan fingerprint density at radius 2 is 1.88 bits per heavy atom. The summed E-state index contributed by atoms with van der Waals surface area (Å²) < 4.78 is 16.7. The summed E-state index contributed by atoms with van der Waals surface area (Å²) in [5.41, 5.74) is 1.28. The van der Waals surface area contributed by atoms with Crippen molar-refractivity contribution in [2.45, 2.75) is 6.61 Å². The van der Waals surface area contributed by atoms with E-state index in [1.165, 1.54) is 7.11 Å². The zero-order valence-electron chi connectivity index (χ0n) is 12.7. The van der Waals surface area contributed by atoms with E-state index in [9.17, 15) is 4.79 Å². The van der Waals surface area contributed by atoms with Crippen LogP contribution in [0.5, 0.6) is 5.75 Å². The van der Waals surface area contributed by atoms with Crippen LogP contribution in [0.3, 0.4) is 0 Å². The van der Waals surface area contributed by atoms with Crippen LogP contribution in [0.4, 0.5) is 0 Å². The summed E-state index contributed by atoms with van der Waals surface area (Å²) in [5, 5.41) is 7.99. The second-order valence-corrected chi connectivity index (χ2v) is 5.64. The Morgan fingerprint density at radius 1 is 1.12 bits per heavy atom. The number of nitrogens with zero attached hydrogens (tertiary/aromatic N) is 2. The van der Waals surface area contributed by atoms with E-state index in [4.69, 9.17) is 9.15 Å². The first-order chi connectivity index (χ1) is 11.7. The SMILES string of the molecule is COC(=O)c1ccc(OCc2nnc(-c3ccccc3Br)o2)cc1. The second kappa shape index (κ2) is 7.27. The van der Waals surface area contributed by atoms with E-state index in [1.807, 2.05) is 24.3 Å². The first-order valence-electron chi connectivity index (χ1n) is 7.06. The Morgan fingerprint density at radius 3 is 2.58 bits per heavy atom. The van der Waals surface area contributed by atoms with Crippen LogP contribution in [0.2, 0.25) is 0 Å². The van der Waals surface area contributed by atoms with Gasteiger partial charge >= 0.3 is 5.97 Å². The molecule has 0 aliphatic heterocycles. The van der Waals surface area contributed by atoms with Crippen molar-refractivity contribution >= 4 is 21.9 Å². The van der Waals surface area contributed by atoms with Crippen molar-refractivity contribution in [2.75, 3.05) is 7.11 Å². The molecule has 0 saturated heterocycles. The van der Waals surface area contributed by atoms with Gasteiger partial charge in [0.2, 0.25) is 5.89 Å². The number of ether oxygens (including phenoxy) is 2. The monoisotopic (exact) mass is 388 g/mol. The van der Waals surface area contributed by atoms with Gasteiger partial charge in [-0.05, 0) is 52.3 Å². The number of benzene rings is 2. The molecule has 7 heteroatoms. The van der Waals surface area contributed by atoms with E-state index in [2.05, 4.69) is 30.9 Å². The van der Waals surface area contributed by atoms with Gasteiger partial charge in [-0.1, -0.05) is 12.1 Å². The van der Waals surface area contributed by atoms with Crippen LogP contribution >= 0.6 is 15.9 Å². The van der Waals surface area contributed by atoms with Crippen molar-refractivity contribution in [3.63, 3.8) is 0 Å². The summed E-state index contributed by atoms with van der Waals surface area (Å²) in [6.45, 7) is 0.134. The summed E-state index contributed by atoms with van der Waals surface area (Å²) in [7, 11) is 1.34. The molecule has 0 bridgehead atoms. The van der Waals surface area contributed by atoms with Crippen molar-refractivity contribution in [1.29, 1.82) is 0 Å². The highest BCUT2D eigenvalue weighted by Gasteiger charge is 2.12. The molecule has 0 spiro atoms. The topological polar surface area (TPSA) is 74.5 Å². The number of carbonyl (C=O) groups is 1. The third-order valence-corrected chi connectivity index (χ3v) is 3.90. The van der Waals surface area contributed by atoms with Crippen molar-refractivity contribution in [3.05, 3.63) is 64.5 Å². The van der Waals surface area contributed by atoms with E-state index < -0.39 is 5.97 Å². The molecule has 0 amide bonds. The Kier molecular flexibility index (Phi) is 4.90. The number of esters is 1. The van der Waals surface area contributed by atoms with Crippen molar-refractivity contribution in [3.8, 4) is 17.2 Å². The highest BCUT2D eigenvalue weighted by Crippen LogP contribution is 2.26. The van der Waals surface area contributed by atoms with E-state index in [0.717, 1.165) is 10.0 Å². The number of aromatic nitrogens is 2. The minimum atomic E-state index is -0.392. The lowest BCUT2D eigenvalue weighted by atomic mass is 10.2. The van der Waals surface area contributed by atoms with E-state index in [1.54, 1.807) is 24.3 Å². The van der Waals surface area contributed by atoms with Crippen molar-refractivity contribution in [1.82, 2.24) is 10.2 Å². The van der Waals surface area contributed by atoms with E-state index >= 15 is 0 Å². The van der Waals surface area contributed by atoms with Crippen LogP contribution in [0, 0.1) is 0 Å². The third-order valence-electron chi connectivity index (χ3n) is 3.21. The van der Waals surface area contributed by atoms with Gasteiger partial charge in [-0.15, -0.1) is 10.2 Å². The van der Waals surface area contributed by atoms with Gasteiger partial charge in [-0.2, -0.15) is 0 Å². The van der Waals surface area contributed by atoms with Crippen LogP contribution in [0.15, 0.2) is 57.4 Å². The molecule has 3 rings (SSSR count). The van der Waals surface area contributed by atoms with Crippen LogP contribution in [-0.2, 0) is 11.3 Å². The number of carbonyl (C=O) groups excluding carboxylic acids is 1. The largest absolute Gasteiger partial charge is 0.484 e. The molecule has 0 unspecified atom stereocenters. The maximum absolute atomic E-state index is 11.4. The van der Waals surface area contributed by atoms with Crippen molar-refractivity contribution in [2.24, 2.45) is 0 Å². The number of hydrogen-bond acceptors (Lipinski definition) is 6. The molecular weight excluding hydrogens is 376 g/mol. The van der Waals surface area contributed by atoms with Gasteiger partial charge in [0.25, 0.3) is 5.89 Å². The normalized spacial score (nSPS) is 10.4. The molecule has 0 aliphatic rings. The first-order valence-corrected chi connectivity index (χ1v) is 7.85. The number of hydrogen-bond donors (Lipinski definition) is 0. The van der Waals surface area contributed by atoms with Gasteiger partial charge in [0, 0.05) is 4.47 Å². The quantitative estimate of drug-likeness (QED) is 0.617. The summed E-state index contributed by atoms with van der Waals surface area (Å²) in [6, 6.07) is 14.2. The fraction of sp³-hybridized carbons (Fsp3) is 0.118. The van der Waals surface area contributed by atoms with Gasteiger partial charge in [0.05, 0.1) is 18.2 Å². The van der Waals surface area contributed by atoms with E-state index in [0.29, 0.717) is 23.1 Å². The van der Waals surface area contributed by atoms with Crippen LogP contribution in [-0.4, -0.2) is 23.3 Å². The van der Waals surface area contributed by atoms with Gasteiger partial charge in [0.1, 0.15) is 5.75 Å². The Labute approximate surface area is 146 Å². The van der Waals surface area contributed by atoms with Gasteiger partial charge in [0.15, 0.2) is 6.61 Å². The molecule has 3 aromatic rings. The molecule has 1 heterocycles. The predicted molar refractivity (Wildman–Crippen MR) is 89.5 cm³/mol. The summed E-state index contributed by atoms with van der Waals surface area (Å²) in [6.07, 6.45) is 0. The molecule has 0 N–H and O–H groups in total. The van der Waals surface area contributed by atoms with Gasteiger partial charge in [-0.3, -0.25) is 0 Å². The molecule has 6 nitrogen and oxygen atoms in total. The minimum absolute atomic E-state index is 0.134. The first kappa shape index (κ1) is 16.2. The number of halogens is 1. The Bertz CT molecular complexity index is 846. The lowest BCUT2D eigenvalue weighted by Crippen LogP contribution is -2.01. The molecule has 122 valence electrons. The maximum Gasteiger partial charge on any atom is 0.337 e. The average Bonchev–Trinajstić information content (AvgIpc) is 3.09. The van der Waals surface area contributed by atoms with Crippen LogP contribution in [0.25, 0.3) is 11.5 Å². The molecule has 0 atom stereocenters.